The summed E-state index contributed by atoms with van der Waals surface area (Å²) in [5.74, 6) is 1.58. The van der Waals surface area contributed by atoms with E-state index in [1.807, 2.05) is 11.9 Å². The molecule has 0 aliphatic heterocycles. The molecule has 2 heteroatoms. The molecule has 0 N–H and O–H groups in total. The van der Waals surface area contributed by atoms with Crippen LogP contribution >= 0.6 is 0 Å². The highest BCUT2D eigenvalue weighted by atomic mass is 16.2. The molecule has 0 bridgehead atoms. The molecule has 0 aromatic rings. The maximum atomic E-state index is 12.5. The van der Waals surface area contributed by atoms with Gasteiger partial charge in [0.2, 0.25) is 5.91 Å². The van der Waals surface area contributed by atoms with Crippen molar-refractivity contribution >= 4 is 5.91 Å². The maximum Gasteiger partial charge on any atom is 0.225 e. The zero-order valence-electron chi connectivity index (χ0n) is 14.7. The lowest BCUT2D eigenvalue weighted by Crippen LogP contribution is -2.36. The fourth-order valence-electron chi connectivity index (χ4n) is 2.69. The lowest BCUT2D eigenvalue weighted by Gasteiger charge is -2.27. The van der Waals surface area contributed by atoms with E-state index in [4.69, 9.17) is 0 Å². The van der Waals surface area contributed by atoms with E-state index < -0.39 is 0 Å². The molecule has 0 saturated heterocycles. The van der Waals surface area contributed by atoms with Gasteiger partial charge in [-0.2, -0.15) is 0 Å². The molecule has 0 aromatic heterocycles. The Labute approximate surface area is 127 Å². The minimum Gasteiger partial charge on any atom is -0.346 e. The van der Waals surface area contributed by atoms with Crippen molar-refractivity contribution in [3.05, 3.63) is 0 Å². The molecule has 2 nitrogen and oxygen atoms in total. The Bertz CT molecular complexity index is 248. The monoisotopic (exact) mass is 283 g/mol. The van der Waals surface area contributed by atoms with Gasteiger partial charge in [0.15, 0.2) is 0 Å². The van der Waals surface area contributed by atoms with Crippen LogP contribution in [0.1, 0.15) is 79.6 Å². The van der Waals surface area contributed by atoms with Gasteiger partial charge in [0.1, 0.15) is 0 Å². The lowest BCUT2D eigenvalue weighted by atomic mass is 9.86. The molecule has 0 saturated carbocycles. The SMILES string of the molecule is CCCCCCCCN(C)C(=O)C(CC(C)C)C(C)C. The Morgan fingerprint density at radius 3 is 2.00 bits per heavy atom. The summed E-state index contributed by atoms with van der Waals surface area (Å²) in [6.07, 6.45) is 8.72. The second-order valence-electron chi connectivity index (χ2n) is 7.01. The molecule has 0 radical (unpaired) electrons. The van der Waals surface area contributed by atoms with Gasteiger partial charge in [-0.25, -0.2) is 0 Å². The second kappa shape index (κ2) is 11.2. The molecule has 0 aliphatic rings. The summed E-state index contributed by atoms with van der Waals surface area (Å²) in [5, 5.41) is 0. The number of amides is 1. The number of nitrogens with zero attached hydrogens (tertiary/aromatic N) is 1. The highest BCUT2D eigenvalue weighted by Gasteiger charge is 2.25. The van der Waals surface area contributed by atoms with E-state index in [1.165, 1.54) is 32.1 Å². The molecule has 0 aliphatic carbocycles. The number of unbranched alkanes of at least 4 members (excludes halogenated alkanes) is 5. The quantitative estimate of drug-likeness (QED) is 0.482. The molecular formula is C18H37NO. The average molecular weight is 284 g/mol. The van der Waals surface area contributed by atoms with E-state index in [2.05, 4.69) is 34.6 Å². The van der Waals surface area contributed by atoms with Crippen LogP contribution in [0.2, 0.25) is 0 Å². The van der Waals surface area contributed by atoms with Crippen molar-refractivity contribution < 1.29 is 4.79 Å². The van der Waals surface area contributed by atoms with E-state index >= 15 is 0 Å². The molecule has 0 heterocycles. The van der Waals surface area contributed by atoms with Crippen molar-refractivity contribution in [3.63, 3.8) is 0 Å². The second-order valence-corrected chi connectivity index (χ2v) is 7.01. The first-order valence-electron chi connectivity index (χ1n) is 8.65. The van der Waals surface area contributed by atoms with Gasteiger partial charge in [-0.05, 0) is 24.7 Å². The number of hydrogen-bond acceptors (Lipinski definition) is 1. The van der Waals surface area contributed by atoms with E-state index in [1.54, 1.807) is 0 Å². The third kappa shape index (κ3) is 8.60. The fraction of sp³-hybridized carbons (Fsp3) is 0.944. The van der Waals surface area contributed by atoms with Gasteiger partial charge in [-0.1, -0.05) is 66.7 Å². The molecule has 1 atom stereocenters. The fourth-order valence-corrected chi connectivity index (χ4v) is 2.69. The van der Waals surface area contributed by atoms with Crippen molar-refractivity contribution in [1.29, 1.82) is 0 Å². The third-order valence-corrected chi connectivity index (χ3v) is 4.07. The summed E-state index contributed by atoms with van der Waals surface area (Å²) < 4.78 is 0. The predicted octanol–water partition coefficient (Wildman–Crippen LogP) is 5.12. The zero-order valence-corrected chi connectivity index (χ0v) is 14.7. The Hall–Kier alpha value is -0.530. The standard InChI is InChI=1S/C18H37NO/c1-7-8-9-10-11-12-13-19(6)18(20)17(16(4)5)14-15(2)3/h15-17H,7-14H2,1-6H3. The number of rotatable bonds is 11. The van der Waals surface area contributed by atoms with E-state index in [0.717, 1.165) is 19.4 Å². The first kappa shape index (κ1) is 19.5. The predicted molar refractivity (Wildman–Crippen MR) is 88.8 cm³/mol. The van der Waals surface area contributed by atoms with Crippen molar-refractivity contribution in [3.8, 4) is 0 Å². The minimum atomic E-state index is 0.195. The Morgan fingerprint density at radius 1 is 0.950 bits per heavy atom. The van der Waals surface area contributed by atoms with E-state index in [-0.39, 0.29) is 5.92 Å². The number of carbonyl (C=O) groups is 1. The Morgan fingerprint density at radius 2 is 1.50 bits per heavy atom. The molecule has 120 valence electrons. The van der Waals surface area contributed by atoms with Gasteiger partial charge in [-0.3, -0.25) is 4.79 Å². The minimum absolute atomic E-state index is 0.195. The van der Waals surface area contributed by atoms with Gasteiger partial charge >= 0.3 is 0 Å². The van der Waals surface area contributed by atoms with Crippen molar-refractivity contribution in [1.82, 2.24) is 4.90 Å². The summed E-state index contributed by atoms with van der Waals surface area (Å²) in [4.78, 5) is 14.5. The molecule has 20 heavy (non-hydrogen) atoms. The topological polar surface area (TPSA) is 20.3 Å². The summed E-state index contributed by atoms with van der Waals surface area (Å²) in [6.45, 7) is 11.9. The Balaban J connectivity index is 4.04. The average Bonchev–Trinajstić information content (AvgIpc) is 2.38. The van der Waals surface area contributed by atoms with Gasteiger partial charge in [-0.15, -0.1) is 0 Å². The Kier molecular flexibility index (Phi) is 10.9. The summed E-state index contributed by atoms with van der Waals surface area (Å²) in [6, 6.07) is 0. The van der Waals surface area contributed by atoms with Crippen LogP contribution in [0.15, 0.2) is 0 Å². The maximum absolute atomic E-state index is 12.5. The molecule has 1 unspecified atom stereocenters. The molecular weight excluding hydrogens is 246 g/mol. The van der Waals surface area contributed by atoms with Crippen molar-refractivity contribution in [2.45, 2.75) is 79.6 Å². The highest BCUT2D eigenvalue weighted by molar-refractivity contribution is 5.78. The van der Waals surface area contributed by atoms with Crippen LogP contribution in [0.25, 0.3) is 0 Å². The third-order valence-electron chi connectivity index (χ3n) is 4.07. The molecule has 0 aromatic carbocycles. The van der Waals surface area contributed by atoms with Crippen LogP contribution in [0, 0.1) is 17.8 Å². The molecule has 0 spiro atoms. The van der Waals surface area contributed by atoms with Gasteiger partial charge in [0.25, 0.3) is 0 Å². The van der Waals surface area contributed by atoms with Crippen LogP contribution < -0.4 is 0 Å². The zero-order chi connectivity index (χ0) is 15.5. The molecule has 1 amide bonds. The normalized spacial score (nSPS) is 13.0. The highest BCUT2D eigenvalue weighted by Crippen LogP contribution is 2.22. The van der Waals surface area contributed by atoms with Gasteiger partial charge in [0, 0.05) is 19.5 Å². The summed E-state index contributed by atoms with van der Waals surface area (Å²) in [5.41, 5.74) is 0. The summed E-state index contributed by atoms with van der Waals surface area (Å²) in [7, 11) is 1.98. The van der Waals surface area contributed by atoms with Crippen LogP contribution in [0.4, 0.5) is 0 Å². The largest absolute Gasteiger partial charge is 0.346 e. The lowest BCUT2D eigenvalue weighted by molar-refractivity contribution is -0.136. The smallest absolute Gasteiger partial charge is 0.225 e. The molecule has 0 rings (SSSR count). The summed E-state index contributed by atoms with van der Waals surface area (Å²) >= 11 is 0. The van der Waals surface area contributed by atoms with Gasteiger partial charge < -0.3 is 4.90 Å². The van der Waals surface area contributed by atoms with E-state index in [9.17, 15) is 4.79 Å². The van der Waals surface area contributed by atoms with Crippen LogP contribution in [-0.4, -0.2) is 24.4 Å². The van der Waals surface area contributed by atoms with Crippen LogP contribution in [0.3, 0.4) is 0 Å². The first-order chi connectivity index (χ1) is 9.40. The van der Waals surface area contributed by atoms with Crippen LogP contribution in [0.5, 0.6) is 0 Å². The van der Waals surface area contributed by atoms with Crippen molar-refractivity contribution in [2.75, 3.05) is 13.6 Å². The first-order valence-corrected chi connectivity index (χ1v) is 8.65. The van der Waals surface area contributed by atoms with Crippen LogP contribution in [-0.2, 0) is 4.79 Å². The van der Waals surface area contributed by atoms with E-state index in [0.29, 0.717) is 17.7 Å². The van der Waals surface area contributed by atoms with Gasteiger partial charge in [0.05, 0.1) is 0 Å². The van der Waals surface area contributed by atoms with Crippen molar-refractivity contribution in [2.24, 2.45) is 17.8 Å². The number of carbonyl (C=O) groups excluding carboxylic acids is 1. The number of hydrogen-bond donors (Lipinski definition) is 0. The molecule has 0 fully saturated rings.